The maximum Gasteiger partial charge on any atom is 0.317 e. The minimum atomic E-state index is -0.968. The smallest absolute Gasteiger partial charge is 0.317 e. The highest BCUT2D eigenvalue weighted by atomic mass is 16.4. The fourth-order valence-electron chi connectivity index (χ4n) is 0. The third-order valence-electron chi connectivity index (χ3n) is 0.449. The molecule has 0 aromatic heterocycles. The Morgan fingerprint density at radius 3 is 1.00 bits per heavy atom. The molecule has 14 heavy (non-hydrogen) atoms. The Kier molecular flexibility index (Phi) is 23.5. The predicted octanol–water partition coefficient (Wildman–Crippen LogP) is -2.97. The molecule has 86 valence electrons. The zero-order chi connectivity index (χ0) is 12.0. The zero-order valence-electron chi connectivity index (χ0n) is 7.59. The molecule has 0 aliphatic rings. The third-order valence-corrected chi connectivity index (χ3v) is 0.449. The van der Waals surface area contributed by atoms with E-state index in [4.69, 9.17) is 20.4 Å². The van der Waals surface area contributed by atoms with Crippen molar-refractivity contribution >= 4 is 11.9 Å². The van der Waals surface area contributed by atoms with E-state index in [1.165, 1.54) is 0 Å². The quantitative estimate of drug-likeness (QED) is 0.288. The van der Waals surface area contributed by atoms with E-state index in [0.717, 1.165) is 0 Å². The summed E-state index contributed by atoms with van der Waals surface area (Å²) in [7, 11) is 0. The van der Waals surface area contributed by atoms with E-state index in [-0.39, 0.29) is 26.3 Å². The topological polar surface area (TPSA) is 167 Å². The molecule has 0 aliphatic carbocycles. The molecule has 0 rings (SSSR count). The standard InChI is InChI=1S/2C2H5NO2.C2H6O2/c2*3-1-2(4)5;3-1-2-4/h2*1,3H2,(H,4,5);3-4H,1-2H2. The van der Waals surface area contributed by atoms with Crippen molar-refractivity contribution < 1.29 is 30.0 Å². The van der Waals surface area contributed by atoms with Crippen LogP contribution < -0.4 is 11.5 Å². The first-order valence-electron chi connectivity index (χ1n) is 3.51. The molecule has 0 spiro atoms. The van der Waals surface area contributed by atoms with Crippen LogP contribution in [0.25, 0.3) is 0 Å². The summed E-state index contributed by atoms with van der Waals surface area (Å²) in [6.45, 7) is -0.806. The Hall–Kier alpha value is -1.22. The molecule has 0 aromatic rings. The van der Waals surface area contributed by atoms with Gasteiger partial charge < -0.3 is 31.9 Å². The summed E-state index contributed by atoms with van der Waals surface area (Å²) in [5.41, 5.74) is 9.14. The van der Waals surface area contributed by atoms with E-state index in [1.807, 2.05) is 0 Å². The maximum atomic E-state index is 9.24. The fraction of sp³-hybridized carbons (Fsp3) is 0.667. The number of aliphatic hydroxyl groups is 2. The number of nitrogens with two attached hydrogens (primary N) is 2. The zero-order valence-corrected chi connectivity index (χ0v) is 7.59. The van der Waals surface area contributed by atoms with Crippen LogP contribution in [0.5, 0.6) is 0 Å². The predicted molar refractivity (Wildman–Crippen MR) is 47.6 cm³/mol. The van der Waals surface area contributed by atoms with Crippen molar-refractivity contribution in [3.8, 4) is 0 Å². The lowest BCUT2D eigenvalue weighted by Crippen LogP contribution is -2.10. The summed E-state index contributed by atoms with van der Waals surface area (Å²) in [4.78, 5) is 18.5. The van der Waals surface area contributed by atoms with Crippen LogP contribution in [0.3, 0.4) is 0 Å². The molecule has 8 nitrogen and oxygen atoms in total. The fourth-order valence-corrected chi connectivity index (χ4v) is 0. The molecule has 0 amide bonds. The molecule has 0 fully saturated rings. The van der Waals surface area contributed by atoms with Crippen molar-refractivity contribution in [3.63, 3.8) is 0 Å². The van der Waals surface area contributed by atoms with Gasteiger partial charge in [-0.1, -0.05) is 0 Å². The molecule has 0 saturated heterocycles. The Labute approximate surface area is 80.8 Å². The van der Waals surface area contributed by atoms with E-state index < -0.39 is 11.9 Å². The van der Waals surface area contributed by atoms with Gasteiger partial charge in [0.15, 0.2) is 0 Å². The normalized spacial score (nSPS) is 7.43. The molecule has 0 unspecified atom stereocenters. The van der Waals surface area contributed by atoms with Gasteiger partial charge in [0.1, 0.15) is 0 Å². The lowest BCUT2D eigenvalue weighted by molar-refractivity contribution is -0.136. The minimum absolute atomic E-state index is 0.125. The summed E-state index contributed by atoms with van der Waals surface area (Å²) >= 11 is 0. The first-order valence-corrected chi connectivity index (χ1v) is 3.51. The SMILES string of the molecule is NCC(=O)O.NCC(=O)O.OCCO. The first-order chi connectivity index (χ1) is 6.45. The van der Waals surface area contributed by atoms with Gasteiger partial charge in [0.2, 0.25) is 0 Å². The van der Waals surface area contributed by atoms with Crippen LogP contribution in [0.4, 0.5) is 0 Å². The van der Waals surface area contributed by atoms with Crippen molar-refractivity contribution in [1.29, 1.82) is 0 Å². The van der Waals surface area contributed by atoms with E-state index in [9.17, 15) is 9.59 Å². The molecule has 0 aliphatic heterocycles. The molecular formula is C6H16N2O6. The number of rotatable bonds is 3. The largest absolute Gasteiger partial charge is 0.480 e. The van der Waals surface area contributed by atoms with E-state index in [0.29, 0.717) is 0 Å². The van der Waals surface area contributed by atoms with E-state index in [1.54, 1.807) is 0 Å². The van der Waals surface area contributed by atoms with Crippen molar-refractivity contribution in [2.24, 2.45) is 11.5 Å². The van der Waals surface area contributed by atoms with Gasteiger partial charge in [-0.15, -0.1) is 0 Å². The van der Waals surface area contributed by atoms with Gasteiger partial charge in [0.05, 0.1) is 26.3 Å². The summed E-state index contributed by atoms with van der Waals surface area (Å²) < 4.78 is 0. The second-order valence-electron chi connectivity index (χ2n) is 1.64. The summed E-state index contributed by atoms with van der Waals surface area (Å²) in [5.74, 6) is -1.94. The number of carboxylic acids is 2. The highest BCUT2D eigenvalue weighted by Gasteiger charge is 1.81. The van der Waals surface area contributed by atoms with Crippen LogP contribution in [-0.4, -0.2) is 58.7 Å². The summed E-state index contributed by atoms with van der Waals surface area (Å²) in [6, 6.07) is 0. The van der Waals surface area contributed by atoms with Crippen LogP contribution in [0.15, 0.2) is 0 Å². The highest BCUT2D eigenvalue weighted by molar-refractivity contribution is 5.68. The number of hydrogen-bond acceptors (Lipinski definition) is 6. The number of aliphatic carboxylic acids is 2. The van der Waals surface area contributed by atoms with Gasteiger partial charge in [-0.05, 0) is 0 Å². The van der Waals surface area contributed by atoms with Gasteiger partial charge in [-0.2, -0.15) is 0 Å². The van der Waals surface area contributed by atoms with Crippen LogP contribution in [0, 0.1) is 0 Å². The van der Waals surface area contributed by atoms with Gasteiger partial charge >= 0.3 is 11.9 Å². The number of carbonyl (C=O) groups is 2. The molecular weight excluding hydrogens is 196 g/mol. The second-order valence-corrected chi connectivity index (χ2v) is 1.64. The summed E-state index contributed by atoms with van der Waals surface area (Å²) in [6.07, 6.45) is 0. The Balaban J connectivity index is -0.000000131. The molecule has 8 N–H and O–H groups in total. The minimum Gasteiger partial charge on any atom is -0.480 e. The monoisotopic (exact) mass is 212 g/mol. The lowest BCUT2D eigenvalue weighted by Gasteiger charge is -1.73. The average Bonchev–Trinajstić information content (AvgIpc) is 2.19. The number of hydrogen-bond donors (Lipinski definition) is 6. The van der Waals surface area contributed by atoms with Crippen LogP contribution >= 0.6 is 0 Å². The van der Waals surface area contributed by atoms with Gasteiger partial charge in [-0.25, -0.2) is 0 Å². The number of carboxylic acid groups (broad SMARTS) is 2. The second kappa shape index (κ2) is 17.8. The van der Waals surface area contributed by atoms with Gasteiger partial charge in [0.25, 0.3) is 0 Å². The first kappa shape index (κ1) is 18.5. The lowest BCUT2D eigenvalue weighted by atomic mass is 10.7. The Morgan fingerprint density at radius 2 is 1.00 bits per heavy atom. The van der Waals surface area contributed by atoms with Crippen LogP contribution in [-0.2, 0) is 9.59 Å². The Bertz CT molecular complexity index is 124. The van der Waals surface area contributed by atoms with Crippen LogP contribution in [0.1, 0.15) is 0 Å². The van der Waals surface area contributed by atoms with E-state index in [2.05, 4.69) is 11.5 Å². The van der Waals surface area contributed by atoms with Gasteiger partial charge in [0, 0.05) is 0 Å². The van der Waals surface area contributed by atoms with Gasteiger partial charge in [-0.3, -0.25) is 9.59 Å². The summed E-state index contributed by atoms with van der Waals surface area (Å²) in [5, 5.41) is 30.4. The van der Waals surface area contributed by atoms with E-state index >= 15 is 0 Å². The van der Waals surface area contributed by atoms with Crippen molar-refractivity contribution in [3.05, 3.63) is 0 Å². The molecule has 8 heteroatoms. The third kappa shape index (κ3) is 72.2. The van der Waals surface area contributed by atoms with Crippen molar-refractivity contribution in [1.82, 2.24) is 0 Å². The maximum absolute atomic E-state index is 9.24. The van der Waals surface area contributed by atoms with Crippen molar-refractivity contribution in [2.45, 2.75) is 0 Å². The molecule has 0 saturated carbocycles. The Morgan fingerprint density at radius 1 is 0.857 bits per heavy atom. The molecule has 0 heterocycles. The molecule has 0 atom stereocenters. The molecule has 0 aromatic carbocycles. The van der Waals surface area contributed by atoms with Crippen molar-refractivity contribution in [2.75, 3.05) is 26.3 Å². The van der Waals surface area contributed by atoms with Crippen LogP contribution in [0.2, 0.25) is 0 Å². The highest BCUT2D eigenvalue weighted by Crippen LogP contribution is 1.44. The molecule has 0 radical (unpaired) electrons. The average molecular weight is 212 g/mol. The number of aliphatic hydroxyl groups excluding tert-OH is 2. The molecule has 0 bridgehead atoms.